The van der Waals surface area contributed by atoms with Crippen LogP contribution in [0.4, 0.5) is 5.95 Å². The van der Waals surface area contributed by atoms with Crippen molar-refractivity contribution in [3.63, 3.8) is 0 Å². The van der Waals surface area contributed by atoms with E-state index in [0.717, 1.165) is 0 Å². The molecule has 0 aliphatic rings. The second-order valence-electron chi connectivity index (χ2n) is 3.99. The van der Waals surface area contributed by atoms with E-state index < -0.39 is 10.0 Å². The summed E-state index contributed by atoms with van der Waals surface area (Å²) in [7, 11) is -3.74. The van der Waals surface area contributed by atoms with Gasteiger partial charge in [0.25, 0.3) is 10.0 Å². The summed E-state index contributed by atoms with van der Waals surface area (Å²) in [5.74, 6) is 0.0411. The van der Waals surface area contributed by atoms with Gasteiger partial charge in [0.05, 0.1) is 4.90 Å². The average Bonchev–Trinajstić information content (AvgIpc) is 2.32. The summed E-state index contributed by atoms with van der Waals surface area (Å²) in [6, 6.07) is 6.39. The second-order valence-corrected chi connectivity index (χ2v) is 6.05. The molecule has 0 atom stereocenters. The molecule has 0 unspecified atom stereocenters. The van der Waals surface area contributed by atoms with E-state index in [2.05, 4.69) is 14.7 Å². The van der Waals surface area contributed by atoms with Crippen LogP contribution in [0.3, 0.4) is 0 Å². The first-order chi connectivity index (χ1) is 8.90. The van der Waals surface area contributed by atoms with E-state index in [4.69, 9.17) is 11.6 Å². The lowest BCUT2D eigenvalue weighted by molar-refractivity contribution is 0.600. The lowest BCUT2D eigenvalue weighted by Crippen LogP contribution is -2.16. The summed E-state index contributed by atoms with van der Waals surface area (Å²) in [5.41, 5.74) is 1.17. The fourth-order valence-corrected chi connectivity index (χ4v) is 3.00. The lowest BCUT2D eigenvalue weighted by Gasteiger charge is -2.10. The Kier molecular flexibility index (Phi) is 3.73. The third-order valence-corrected chi connectivity index (χ3v) is 4.41. The van der Waals surface area contributed by atoms with E-state index in [9.17, 15) is 8.42 Å². The number of aromatic nitrogens is 2. The Morgan fingerprint density at radius 1 is 1.21 bits per heavy atom. The smallest absolute Gasteiger partial charge is 0.247 e. The summed E-state index contributed by atoms with van der Waals surface area (Å²) < 4.78 is 26.8. The third kappa shape index (κ3) is 3.02. The molecule has 0 aliphatic heterocycles. The van der Waals surface area contributed by atoms with Crippen molar-refractivity contribution < 1.29 is 8.42 Å². The van der Waals surface area contributed by atoms with Crippen molar-refractivity contribution in [1.82, 2.24) is 9.97 Å². The first-order valence-electron chi connectivity index (χ1n) is 5.48. The molecule has 7 heteroatoms. The van der Waals surface area contributed by atoms with Gasteiger partial charge in [0.15, 0.2) is 0 Å². The van der Waals surface area contributed by atoms with Gasteiger partial charge in [-0.15, -0.1) is 0 Å². The highest BCUT2D eigenvalue weighted by atomic mass is 35.5. The van der Waals surface area contributed by atoms with Gasteiger partial charge in [0, 0.05) is 16.9 Å². The van der Waals surface area contributed by atoms with Crippen molar-refractivity contribution in [1.29, 1.82) is 0 Å². The topological polar surface area (TPSA) is 72.0 Å². The molecule has 1 N–H and O–H groups in total. The number of nitrogens with zero attached hydrogens (tertiary/aromatic N) is 2. The van der Waals surface area contributed by atoms with Gasteiger partial charge >= 0.3 is 0 Å². The maximum absolute atomic E-state index is 12.2. The molecule has 0 radical (unpaired) electrons. The van der Waals surface area contributed by atoms with E-state index in [1.807, 2.05) is 0 Å². The van der Waals surface area contributed by atoms with Gasteiger partial charge in [0.2, 0.25) is 5.95 Å². The van der Waals surface area contributed by atoms with E-state index in [1.165, 1.54) is 12.3 Å². The van der Waals surface area contributed by atoms with Crippen LogP contribution in [0.2, 0.25) is 5.02 Å². The predicted molar refractivity (Wildman–Crippen MR) is 73.8 cm³/mol. The molecule has 0 amide bonds. The van der Waals surface area contributed by atoms with E-state index in [0.29, 0.717) is 16.3 Å². The minimum absolute atomic E-state index is 0.0411. The molecule has 1 aromatic carbocycles. The summed E-state index contributed by atoms with van der Waals surface area (Å²) in [6.45, 7) is 3.40. The molecule has 0 saturated heterocycles. The number of sulfonamides is 1. The molecule has 19 heavy (non-hydrogen) atoms. The normalized spacial score (nSPS) is 11.3. The Balaban J connectivity index is 2.41. The van der Waals surface area contributed by atoms with Gasteiger partial charge < -0.3 is 0 Å². The summed E-state index contributed by atoms with van der Waals surface area (Å²) >= 11 is 5.92. The molecule has 0 bridgehead atoms. The Hall–Kier alpha value is -1.66. The van der Waals surface area contributed by atoms with Crippen LogP contribution in [0.25, 0.3) is 0 Å². The zero-order valence-electron chi connectivity index (χ0n) is 10.4. The first-order valence-corrected chi connectivity index (χ1v) is 7.34. The van der Waals surface area contributed by atoms with Crippen LogP contribution in [0, 0.1) is 13.8 Å². The largest absolute Gasteiger partial charge is 0.264 e. The molecule has 0 spiro atoms. The molecular formula is C12H12ClN3O2S. The molecule has 5 nitrogen and oxygen atoms in total. The van der Waals surface area contributed by atoms with Crippen molar-refractivity contribution in [2.45, 2.75) is 18.7 Å². The number of rotatable bonds is 3. The van der Waals surface area contributed by atoms with Crippen LogP contribution >= 0.6 is 11.6 Å². The number of halogens is 1. The Bertz CT molecular complexity index is 717. The molecule has 1 aromatic heterocycles. The first kappa shape index (κ1) is 13.8. The summed E-state index contributed by atoms with van der Waals surface area (Å²) in [5, 5.41) is 0.396. The van der Waals surface area contributed by atoms with E-state index in [-0.39, 0.29) is 10.8 Å². The fourth-order valence-electron chi connectivity index (χ4n) is 1.55. The van der Waals surface area contributed by atoms with Crippen molar-refractivity contribution in [2.24, 2.45) is 0 Å². The number of benzene rings is 1. The van der Waals surface area contributed by atoms with Crippen LogP contribution < -0.4 is 4.72 Å². The molecule has 0 aliphatic carbocycles. The Morgan fingerprint density at radius 2 is 1.95 bits per heavy atom. The average molecular weight is 298 g/mol. The van der Waals surface area contributed by atoms with E-state index >= 15 is 0 Å². The highest BCUT2D eigenvalue weighted by Gasteiger charge is 2.19. The molecule has 0 saturated carbocycles. The SMILES string of the molecule is Cc1ccnc(NS(=O)(=O)c2cccc(Cl)c2C)n1. The summed E-state index contributed by atoms with van der Waals surface area (Å²) in [6.07, 6.45) is 1.49. The molecule has 0 fully saturated rings. The molecule has 2 rings (SSSR count). The lowest BCUT2D eigenvalue weighted by atomic mass is 10.2. The number of hydrogen-bond donors (Lipinski definition) is 1. The quantitative estimate of drug-likeness (QED) is 0.945. The van der Waals surface area contributed by atoms with Crippen LogP contribution in [0.5, 0.6) is 0 Å². The van der Waals surface area contributed by atoms with Gasteiger partial charge in [-0.2, -0.15) is 0 Å². The fraction of sp³-hybridized carbons (Fsp3) is 0.167. The molecule has 2 aromatic rings. The van der Waals surface area contributed by atoms with Gasteiger partial charge in [-0.25, -0.2) is 23.1 Å². The Morgan fingerprint density at radius 3 is 2.63 bits per heavy atom. The molecular weight excluding hydrogens is 286 g/mol. The van der Waals surface area contributed by atoms with Gasteiger partial charge in [-0.05, 0) is 37.6 Å². The minimum atomic E-state index is -3.74. The highest BCUT2D eigenvalue weighted by molar-refractivity contribution is 7.92. The van der Waals surface area contributed by atoms with Crippen molar-refractivity contribution in [3.8, 4) is 0 Å². The number of hydrogen-bond acceptors (Lipinski definition) is 4. The zero-order valence-corrected chi connectivity index (χ0v) is 12.0. The monoisotopic (exact) mass is 297 g/mol. The number of anilines is 1. The van der Waals surface area contributed by atoms with Gasteiger partial charge in [-0.3, -0.25) is 0 Å². The zero-order chi connectivity index (χ0) is 14.0. The van der Waals surface area contributed by atoms with Crippen LogP contribution in [-0.4, -0.2) is 18.4 Å². The second kappa shape index (κ2) is 5.14. The van der Waals surface area contributed by atoms with Crippen molar-refractivity contribution in [3.05, 3.63) is 46.7 Å². The van der Waals surface area contributed by atoms with Crippen molar-refractivity contribution in [2.75, 3.05) is 4.72 Å². The summed E-state index contributed by atoms with van der Waals surface area (Å²) in [4.78, 5) is 7.99. The predicted octanol–water partition coefficient (Wildman–Crippen LogP) is 2.55. The number of nitrogens with one attached hydrogen (secondary N) is 1. The Labute approximate surface area is 116 Å². The molecule has 100 valence electrons. The highest BCUT2D eigenvalue weighted by Crippen LogP contribution is 2.23. The van der Waals surface area contributed by atoms with Gasteiger partial charge in [-0.1, -0.05) is 17.7 Å². The minimum Gasteiger partial charge on any atom is -0.247 e. The maximum Gasteiger partial charge on any atom is 0.264 e. The standard InChI is InChI=1S/C12H12ClN3O2S/c1-8-6-7-14-12(15-8)16-19(17,18)11-5-3-4-10(13)9(11)2/h3-7H,1-2H3,(H,14,15,16). The van der Waals surface area contributed by atoms with E-state index in [1.54, 1.807) is 32.0 Å². The van der Waals surface area contributed by atoms with Crippen LogP contribution in [0.15, 0.2) is 35.4 Å². The third-order valence-electron chi connectivity index (χ3n) is 2.53. The number of aryl methyl sites for hydroxylation is 1. The molecule has 1 heterocycles. The van der Waals surface area contributed by atoms with Crippen LogP contribution in [0.1, 0.15) is 11.3 Å². The maximum atomic E-state index is 12.2. The van der Waals surface area contributed by atoms with Gasteiger partial charge in [0.1, 0.15) is 0 Å². The van der Waals surface area contributed by atoms with Crippen LogP contribution in [-0.2, 0) is 10.0 Å². The van der Waals surface area contributed by atoms with Crippen molar-refractivity contribution >= 4 is 27.6 Å².